The second-order valence-electron chi connectivity index (χ2n) is 5.95. The Labute approximate surface area is 156 Å². The molecule has 0 aliphatic carbocycles. The Kier molecular flexibility index (Phi) is 5.07. The topological polar surface area (TPSA) is 76.2 Å². The van der Waals surface area contributed by atoms with Crippen molar-refractivity contribution < 1.29 is 17.9 Å². The van der Waals surface area contributed by atoms with E-state index in [1.54, 1.807) is 56.3 Å². The summed E-state index contributed by atoms with van der Waals surface area (Å²) >= 11 is 6.05. The third-order valence-electron chi connectivity index (χ3n) is 4.09. The van der Waals surface area contributed by atoms with Gasteiger partial charge < -0.3 is 9.72 Å². The number of rotatable bonds is 5. The van der Waals surface area contributed by atoms with E-state index in [0.29, 0.717) is 21.8 Å². The van der Waals surface area contributed by atoms with Crippen molar-refractivity contribution in [2.75, 3.05) is 6.61 Å². The summed E-state index contributed by atoms with van der Waals surface area (Å²) in [6.45, 7) is 3.72. The number of hydrogen-bond donors (Lipinski definition) is 1. The minimum Gasteiger partial charge on any atom is -0.461 e. The van der Waals surface area contributed by atoms with Gasteiger partial charge >= 0.3 is 5.97 Å². The van der Waals surface area contributed by atoms with Gasteiger partial charge in [0.05, 0.1) is 17.3 Å². The minimum atomic E-state index is -3.54. The molecule has 0 saturated heterocycles. The van der Waals surface area contributed by atoms with Gasteiger partial charge in [0.15, 0.2) is 9.84 Å². The van der Waals surface area contributed by atoms with Crippen molar-refractivity contribution in [3.8, 4) is 0 Å². The van der Waals surface area contributed by atoms with Gasteiger partial charge in [0.1, 0.15) is 5.69 Å². The Morgan fingerprint density at radius 3 is 2.69 bits per heavy atom. The number of sulfone groups is 1. The van der Waals surface area contributed by atoms with Crippen LogP contribution in [-0.4, -0.2) is 26.0 Å². The third-order valence-corrected chi connectivity index (χ3v) is 6.33. The smallest absolute Gasteiger partial charge is 0.354 e. The molecule has 1 heterocycles. The molecule has 0 aliphatic rings. The van der Waals surface area contributed by atoms with E-state index < -0.39 is 15.8 Å². The van der Waals surface area contributed by atoms with Gasteiger partial charge in [-0.15, -0.1) is 0 Å². The van der Waals surface area contributed by atoms with Crippen LogP contribution in [0.5, 0.6) is 0 Å². The molecule has 3 rings (SSSR count). The summed E-state index contributed by atoms with van der Waals surface area (Å²) < 4.78 is 30.5. The first-order chi connectivity index (χ1) is 12.3. The van der Waals surface area contributed by atoms with Crippen LogP contribution in [0.3, 0.4) is 0 Å². The number of hydrogen-bond acceptors (Lipinski definition) is 4. The first-order valence-electron chi connectivity index (χ1n) is 8.08. The van der Waals surface area contributed by atoms with Crippen LogP contribution in [0, 0.1) is 6.92 Å². The molecule has 0 aliphatic heterocycles. The number of esters is 1. The molecule has 5 nitrogen and oxygen atoms in total. The lowest BCUT2D eigenvalue weighted by Gasteiger charge is -2.09. The standard InChI is InChI=1S/C19H18ClNO4S/c1-3-25-19(22)17-10-14-9-13(7-8-16(14)21-17)11-26(23,24)18-6-4-5-15(20)12(18)2/h4-10,21H,3,11H2,1-2H3. The molecule has 2 aromatic carbocycles. The lowest BCUT2D eigenvalue weighted by molar-refractivity contribution is 0.0520. The van der Waals surface area contributed by atoms with Crippen molar-refractivity contribution >= 4 is 38.3 Å². The van der Waals surface area contributed by atoms with Gasteiger partial charge in [-0.05, 0) is 55.3 Å². The maximum absolute atomic E-state index is 12.8. The van der Waals surface area contributed by atoms with Gasteiger partial charge in [-0.25, -0.2) is 13.2 Å². The first kappa shape index (κ1) is 18.5. The predicted molar refractivity (Wildman–Crippen MR) is 101 cm³/mol. The zero-order chi connectivity index (χ0) is 18.9. The normalized spacial score (nSPS) is 11.7. The fourth-order valence-corrected chi connectivity index (χ4v) is 4.68. The second-order valence-corrected chi connectivity index (χ2v) is 8.31. The highest BCUT2D eigenvalue weighted by molar-refractivity contribution is 7.90. The first-order valence-corrected chi connectivity index (χ1v) is 10.1. The molecule has 26 heavy (non-hydrogen) atoms. The molecular weight excluding hydrogens is 374 g/mol. The molecule has 0 saturated carbocycles. The number of carbonyl (C=O) groups is 1. The molecule has 136 valence electrons. The Hall–Kier alpha value is -2.31. The van der Waals surface area contributed by atoms with Crippen molar-refractivity contribution in [2.24, 2.45) is 0 Å². The summed E-state index contributed by atoms with van der Waals surface area (Å²) in [4.78, 5) is 15.0. The van der Waals surface area contributed by atoms with E-state index in [4.69, 9.17) is 16.3 Å². The number of aromatic nitrogens is 1. The quantitative estimate of drug-likeness (QED) is 0.658. The number of halogens is 1. The zero-order valence-corrected chi connectivity index (χ0v) is 15.9. The number of ether oxygens (including phenoxy) is 1. The van der Waals surface area contributed by atoms with Crippen molar-refractivity contribution in [1.82, 2.24) is 4.98 Å². The van der Waals surface area contributed by atoms with E-state index in [0.717, 1.165) is 10.9 Å². The average molecular weight is 392 g/mol. The SMILES string of the molecule is CCOC(=O)c1cc2cc(CS(=O)(=O)c3cccc(Cl)c3C)ccc2[nH]1. The van der Waals surface area contributed by atoms with Crippen LogP contribution in [-0.2, 0) is 20.3 Å². The number of carbonyl (C=O) groups excluding carboxylic acids is 1. The van der Waals surface area contributed by atoms with E-state index in [9.17, 15) is 13.2 Å². The Balaban J connectivity index is 1.93. The molecule has 0 bridgehead atoms. The number of H-pyrrole nitrogens is 1. The lowest BCUT2D eigenvalue weighted by Crippen LogP contribution is -2.07. The minimum absolute atomic E-state index is 0.149. The molecule has 1 N–H and O–H groups in total. The second kappa shape index (κ2) is 7.13. The summed E-state index contributed by atoms with van der Waals surface area (Å²) in [7, 11) is -3.54. The van der Waals surface area contributed by atoms with E-state index in [1.807, 2.05) is 0 Å². The molecule has 0 atom stereocenters. The van der Waals surface area contributed by atoms with E-state index in [-0.39, 0.29) is 17.3 Å². The highest BCUT2D eigenvalue weighted by atomic mass is 35.5. The molecular formula is C19H18ClNO4S. The molecule has 0 fully saturated rings. The molecule has 0 unspecified atom stereocenters. The van der Waals surface area contributed by atoms with Crippen molar-refractivity contribution in [1.29, 1.82) is 0 Å². The van der Waals surface area contributed by atoms with Crippen LogP contribution < -0.4 is 0 Å². The fourth-order valence-electron chi connectivity index (χ4n) is 2.81. The van der Waals surface area contributed by atoms with Crippen molar-refractivity contribution in [3.05, 3.63) is 64.3 Å². The monoisotopic (exact) mass is 391 g/mol. The predicted octanol–water partition coefficient (Wildman–Crippen LogP) is 4.28. The number of benzene rings is 2. The fraction of sp³-hybridized carbons (Fsp3) is 0.211. The van der Waals surface area contributed by atoms with Crippen molar-refractivity contribution in [3.63, 3.8) is 0 Å². The molecule has 7 heteroatoms. The van der Waals surface area contributed by atoms with Crippen LogP contribution in [0.15, 0.2) is 47.4 Å². The van der Waals surface area contributed by atoms with Gasteiger partial charge in [-0.1, -0.05) is 23.7 Å². The lowest BCUT2D eigenvalue weighted by atomic mass is 10.2. The van der Waals surface area contributed by atoms with Crippen molar-refractivity contribution in [2.45, 2.75) is 24.5 Å². The summed E-state index contributed by atoms with van der Waals surface area (Å²) in [6.07, 6.45) is 0. The summed E-state index contributed by atoms with van der Waals surface area (Å²) in [6, 6.07) is 11.8. The maximum atomic E-state index is 12.8. The van der Waals surface area contributed by atoms with E-state index in [2.05, 4.69) is 4.98 Å². The molecule has 1 aromatic heterocycles. The third kappa shape index (κ3) is 3.61. The summed E-state index contributed by atoms with van der Waals surface area (Å²) in [5.41, 5.74) is 2.26. The Bertz CT molecular complexity index is 1090. The summed E-state index contributed by atoms with van der Waals surface area (Å²) in [5, 5.41) is 1.18. The van der Waals surface area contributed by atoms with Gasteiger partial charge in [0.25, 0.3) is 0 Å². The Morgan fingerprint density at radius 2 is 1.96 bits per heavy atom. The highest BCUT2D eigenvalue weighted by Gasteiger charge is 2.19. The van der Waals surface area contributed by atoms with Crippen LogP contribution in [0.2, 0.25) is 5.02 Å². The van der Waals surface area contributed by atoms with Crippen LogP contribution in [0.25, 0.3) is 10.9 Å². The number of aromatic amines is 1. The van der Waals surface area contributed by atoms with E-state index in [1.165, 1.54) is 0 Å². The maximum Gasteiger partial charge on any atom is 0.354 e. The van der Waals surface area contributed by atoms with Crippen LogP contribution in [0.1, 0.15) is 28.5 Å². The summed E-state index contributed by atoms with van der Waals surface area (Å²) in [5.74, 6) is -0.586. The largest absolute Gasteiger partial charge is 0.461 e. The molecule has 3 aromatic rings. The number of fused-ring (bicyclic) bond motifs is 1. The molecule has 0 amide bonds. The van der Waals surface area contributed by atoms with Gasteiger partial charge in [-0.2, -0.15) is 0 Å². The van der Waals surface area contributed by atoms with Crippen LogP contribution in [0.4, 0.5) is 0 Å². The average Bonchev–Trinajstić information content (AvgIpc) is 3.00. The zero-order valence-electron chi connectivity index (χ0n) is 14.4. The molecule has 0 spiro atoms. The highest BCUT2D eigenvalue weighted by Crippen LogP contribution is 2.27. The van der Waals surface area contributed by atoms with Gasteiger partial charge in [0.2, 0.25) is 0 Å². The molecule has 0 radical (unpaired) electrons. The van der Waals surface area contributed by atoms with E-state index >= 15 is 0 Å². The Morgan fingerprint density at radius 1 is 1.19 bits per heavy atom. The number of nitrogens with one attached hydrogen (secondary N) is 1. The van der Waals surface area contributed by atoms with Gasteiger partial charge in [0, 0.05) is 15.9 Å². The van der Waals surface area contributed by atoms with Gasteiger partial charge in [-0.3, -0.25) is 0 Å². The van der Waals surface area contributed by atoms with Crippen LogP contribution >= 0.6 is 11.6 Å².